The highest BCUT2D eigenvalue weighted by molar-refractivity contribution is 9.10. The predicted octanol–water partition coefficient (Wildman–Crippen LogP) is 2.19. The van der Waals surface area contributed by atoms with Crippen molar-refractivity contribution >= 4 is 39.6 Å². The maximum absolute atomic E-state index is 11.5. The molecule has 0 fully saturated rings. The molecular weight excluding hydrogens is 318 g/mol. The molecule has 0 aliphatic heterocycles. The summed E-state index contributed by atoms with van der Waals surface area (Å²) in [6, 6.07) is 5.88. The first-order valence-corrected chi connectivity index (χ1v) is 7.25. The molecule has 0 aliphatic carbocycles. The highest BCUT2D eigenvalue weighted by atomic mass is 79.9. The molecule has 2 N–H and O–H groups in total. The first kappa shape index (κ1) is 15.0. The van der Waals surface area contributed by atoms with E-state index in [-0.39, 0.29) is 17.4 Å². The summed E-state index contributed by atoms with van der Waals surface area (Å²) in [5.74, 6) is -0.945. The zero-order chi connectivity index (χ0) is 13.5. The molecule has 0 aromatic heterocycles. The number of benzene rings is 1. The second kappa shape index (κ2) is 7.43. The van der Waals surface area contributed by atoms with Crippen molar-refractivity contribution in [2.75, 3.05) is 11.5 Å². The fraction of sp³-hybridized carbons (Fsp3) is 0.333. The average molecular weight is 332 g/mol. The Balaban J connectivity index is 2.38. The third-order valence-corrected chi connectivity index (χ3v) is 3.66. The second-order valence-electron chi connectivity index (χ2n) is 3.73. The molecule has 0 heterocycles. The quantitative estimate of drug-likeness (QED) is 0.838. The smallest absolute Gasteiger partial charge is 0.313 e. The van der Waals surface area contributed by atoms with Gasteiger partial charge in [0.25, 0.3) is 0 Å². The summed E-state index contributed by atoms with van der Waals surface area (Å²) in [5, 5.41) is 11.2. The minimum Gasteiger partial charge on any atom is -0.481 e. The van der Waals surface area contributed by atoms with Gasteiger partial charge in [-0.25, -0.2) is 0 Å². The van der Waals surface area contributed by atoms with Gasteiger partial charge < -0.3 is 10.4 Å². The maximum atomic E-state index is 11.5. The first-order valence-electron chi connectivity index (χ1n) is 5.30. The lowest BCUT2D eigenvalue weighted by atomic mass is 10.1. The van der Waals surface area contributed by atoms with Crippen LogP contribution in [0.2, 0.25) is 0 Å². The molecule has 0 radical (unpaired) electrons. The minimum absolute atomic E-state index is 0.0522. The number of carbonyl (C=O) groups is 2. The van der Waals surface area contributed by atoms with E-state index in [9.17, 15) is 9.59 Å². The van der Waals surface area contributed by atoms with Crippen LogP contribution in [0.5, 0.6) is 0 Å². The Labute approximate surface area is 118 Å². The number of rotatable bonds is 6. The number of aliphatic carboxylic acids is 1. The van der Waals surface area contributed by atoms with Gasteiger partial charge in [0.05, 0.1) is 11.5 Å². The number of nitrogens with one attached hydrogen (secondary N) is 1. The largest absolute Gasteiger partial charge is 0.481 e. The number of carboxylic acids is 1. The number of carboxylic acid groups (broad SMARTS) is 1. The summed E-state index contributed by atoms with van der Waals surface area (Å²) in [7, 11) is 0. The Morgan fingerprint density at radius 3 is 2.78 bits per heavy atom. The summed E-state index contributed by atoms with van der Waals surface area (Å²) in [4.78, 5) is 21.7. The molecule has 0 aliphatic rings. The van der Waals surface area contributed by atoms with Gasteiger partial charge in [0, 0.05) is 11.0 Å². The molecule has 1 rings (SSSR count). The second-order valence-corrected chi connectivity index (χ2v) is 5.64. The summed E-state index contributed by atoms with van der Waals surface area (Å²) in [6.07, 6.45) is 0. The third kappa shape index (κ3) is 5.55. The number of hydrogen-bond acceptors (Lipinski definition) is 3. The molecule has 1 aromatic rings. The van der Waals surface area contributed by atoms with E-state index in [0.29, 0.717) is 6.54 Å². The molecule has 0 bridgehead atoms. The van der Waals surface area contributed by atoms with Crippen LogP contribution in [0.1, 0.15) is 11.1 Å². The highest BCUT2D eigenvalue weighted by Gasteiger charge is 2.05. The van der Waals surface area contributed by atoms with Crippen LogP contribution in [-0.4, -0.2) is 28.5 Å². The summed E-state index contributed by atoms with van der Waals surface area (Å²) in [5.41, 5.74) is 2.15. The van der Waals surface area contributed by atoms with Crippen LogP contribution >= 0.6 is 27.7 Å². The zero-order valence-electron chi connectivity index (χ0n) is 9.90. The predicted molar refractivity (Wildman–Crippen MR) is 75.7 cm³/mol. The topological polar surface area (TPSA) is 66.4 Å². The van der Waals surface area contributed by atoms with Gasteiger partial charge in [0.1, 0.15) is 0 Å². The van der Waals surface area contributed by atoms with Gasteiger partial charge in [0.15, 0.2) is 0 Å². The van der Waals surface area contributed by atoms with Crippen molar-refractivity contribution in [3.8, 4) is 0 Å². The van der Waals surface area contributed by atoms with Crippen LogP contribution in [0.3, 0.4) is 0 Å². The van der Waals surface area contributed by atoms with E-state index in [4.69, 9.17) is 5.11 Å². The van der Waals surface area contributed by atoms with Crippen LogP contribution in [0.25, 0.3) is 0 Å². The Morgan fingerprint density at radius 1 is 1.39 bits per heavy atom. The summed E-state index contributed by atoms with van der Waals surface area (Å²) < 4.78 is 0.970. The zero-order valence-corrected chi connectivity index (χ0v) is 12.3. The van der Waals surface area contributed by atoms with Gasteiger partial charge in [0.2, 0.25) is 5.91 Å². The molecule has 18 heavy (non-hydrogen) atoms. The molecule has 0 unspecified atom stereocenters. The van der Waals surface area contributed by atoms with Crippen molar-refractivity contribution in [1.29, 1.82) is 0 Å². The van der Waals surface area contributed by atoms with E-state index in [2.05, 4.69) is 21.2 Å². The molecule has 6 heteroatoms. The molecule has 98 valence electrons. The van der Waals surface area contributed by atoms with E-state index in [0.717, 1.165) is 27.4 Å². The lowest BCUT2D eigenvalue weighted by Crippen LogP contribution is -2.25. The minimum atomic E-state index is -0.907. The van der Waals surface area contributed by atoms with E-state index >= 15 is 0 Å². The van der Waals surface area contributed by atoms with E-state index in [1.807, 2.05) is 25.1 Å². The van der Waals surface area contributed by atoms with Gasteiger partial charge in [-0.2, -0.15) is 0 Å². The van der Waals surface area contributed by atoms with Crippen molar-refractivity contribution in [3.63, 3.8) is 0 Å². The Kier molecular flexibility index (Phi) is 6.21. The van der Waals surface area contributed by atoms with Crippen LogP contribution in [-0.2, 0) is 16.1 Å². The lowest BCUT2D eigenvalue weighted by Gasteiger charge is -2.08. The van der Waals surface area contributed by atoms with Crippen LogP contribution < -0.4 is 5.32 Å². The molecule has 0 spiro atoms. The van der Waals surface area contributed by atoms with Gasteiger partial charge in [-0.3, -0.25) is 9.59 Å². The van der Waals surface area contributed by atoms with Crippen molar-refractivity contribution < 1.29 is 14.7 Å². The summed E-state index contributed by atoms with van der Waals surface area (Å²) in [6.45, 7) is 2.44. The molecule has 4 nitrogen and oxygen atoms in total. The van der Waals surface area contributed by atoms with E-state index in [1.54, 1.807) is 0 Å². The van der Waals surface area contributed by atoms with Crippen molar-refractivity contribution in [1.82, 2.24) is 5.32 Å². The molecule has 1 amide bonds. The van der Waals surface area contributed by atoms with Crippen molar-refractivity contribution in [2.45, 2.75) is 13.5 Å². The third-order valence-electron chi connectivity index (χ3n) is 2.25. The van der Waals surface area contributed by atoms with Crippen molar-refractivity contribution in [3.05, 3.63) is 33.8 Å². The van der Waals surface area contributed by atoms with Crippen LogP contribution in [0, 0.1) is 6.92 Å². The number of amides is 1. The van der Waals surface area contributed by atoms with Gasteiger partial charge >= 0.3 is 5.97 Å². The lowest BCUT2D eigenvalue weighted by molar-refractivity contribution is -0.133. The van der Waals surface area contributed by atoms with E-state index in [1.165, 1.54) is 0 Å². The van der Waals surface area contributed by atoms with Gasteiger partial charge in [-0.05, 0) is 30.2 Å². The fourth-order valence-electron chi connectivity index (χ4n) is 1.31. The molecule has 1 aromatic carbocycles. The molecule has 0 atom stereocenters. The van der Waals surface area contributed by atoms with Crippen molar-refractivity contribution in [2.24, 2.45) is 0 Å². The number of hydrogen-bond donors (Lipinski definition) is 2. The standard InChI is InChI=1S/C12H14BrNO3S/c1-8-2-3-10(13)4-9(8)5-14-11(15)6-18-7-12(16)17/h2-4H,5-7H2,1H3,(H,14,15)(H,16,17). The molecule has 0 saturated carbocycles. The van der Waals surface area contributed by atoms with Gasteiger partial charge in [-0.1, -0.05) is 22.0 Å². The normalized spacial score (nSPS) is 10.1. The van der Waals surface area contributed by atoms with E-state index < -0.39 is 5.97 Å². The number of halogens is 1. The SMILES string of the molecule is Cc1ccc(Br)cc1CNC(=O)CSCC(=O)O. The molecular formula is C12H14BrNO3S. The average Bonchev–Trinajstić information content (AvgIpc) is 2.30. The highest BCUT2D eigenvalue weighted by Crippen LogP contribution is 2.15. The first-order chi connectivity index (χ1) is 8.49. The Hall–Kier alpha value is -1.01. The van der Waals surface area contributed by atoms with Gasteiger partial charge in [-0.15, -0.1) is 11.8 Å². The maximum Gasteiger partial charge on any atom is 0.313 e. The van der Waals surface area contributed by atoms with Crippen LogP contribution in [0.4, 0.5) is 0 Å². The molecule has 0 saturated heterocycles. The number of thioether (sulfide) groups is 1. The monoisotopic (exact) mass is 331 g/mol. The summed E-state index contributed by atoms with van der Waals surface area (Å²) >= 11 is 4.47. The number of carbonyl (C=O) groups excluding carboxylic acids is 1. The fourth-order valence-corrected chi connectivity index (χ4v) is 2.28. The Morgan fingerprint density at radius 2 is 2.11 bits per heavy atom. The Bertz CT molecular complexity index is 451. The number of aryl methyl sites for hydroxylation is 1. The van der Waals surface area contributed by atoms with Crippen LogP contribution in [0.15, 0.2) is 22.7 Å².